The van der Waals surface area contributed by atoms with Gasteiger partial charge in [-0.2, -0.15) is 0 Å². The van der Waals surface area contributed by atoms with Gasteiger partial charge in [0.25, 0.3) is 0 Å². The smallest absolute Gasteiger partial charge is 0.307 e. The molecule has 3 aliphatic rings. The van der Waals surface area contributed by atoms with Crippen molar-refractivity contribution in [1.29, 1.82) is 0 Å². The van der Waals surface area contributed by atoms with Crippen LogP contribution < -0.4 is 10.1 Å². The number of ether oxygens (including phenoxy) is 2. The van der Waals surface area contributed by atoms with E-state index in [0.29, 0.717) is 23.1 Å². The summed E-state index contributed by atoms with van der Waals surface area (Å²) in [6, 6.07) is 0.682. The molecule has 0 spiro atoms. The van der Waals surface area contributed by atoms with Crippen molar-refractivity contribution < 1.29 is 37.1 Å². The Kier molecular flexibility index (Phi) is 9.95. The van der Waals surface area contributed by atoms with E-state index in [2.05, 4.69) is 32.8 Å². The Morgan fingerprint density at radius 1 is 1.18 bits per heavy atom. The van der Waals surface area contributed by atoms with E-state index in [-0.39, 0.29) is 25.8 Å². The molecule has 2 amide bonds. The highest BCUT2D eigenvalue weighted by Crippen LogP contribution is 2.46. The minimum atomic E-state index is -3.61. The summed E-state index contributed by atoms with van der Waals surface area (Å²) in [6.45, 7) is 14.6. The first-order valence-electron chi connectivity index (χ1n) is 15.2. The number of nitrogens with one attached hydrogen (secondary N) is 1. The third kappa shape index (κ3) is 8.52. The summed E-state index contributed by atoms with van der Waals surface area (Å²) in [4.78, 5) is 60.1. The van der Waals surface area contributed by atoms with Crippen LogP contribution in [0.2, 0.25) is 0 Å². The SMILES string of the molecule is C=CC1C[C@]1(NC(=O)[C@@H]1C[C@@H](Oc2cncc(Br)c2)CN1C(=O)[C@@H](CC(=O)OC(C)(C)C)C(C)(C)C)C(=O)CS(=O)(=O)C1CC1. The van der Waals surface area contributed by atoms with E-state index < -0.39 is 84.9 Å². The van der Waals surface area contributed by atoms with Gasteiger partial charge in [-0.3, -0.25) is 24.2 Å². The highest BCUT2D eigenvalue weighted by atomic mass is 79.9. The Morgan fingerprint density at radius 2 is 1.84 bits per heavy atom. The van der Waals surface area contributed by atoms with Crippen molar-refractivity contribution in [1.82, 2.24) is 15.2 Å². The number of carbonyl (C=O) groups is 4. The van der Waals surface area contributed by atoms with E-state index in [1.54, 1.807) is 39.1 Å². The number of hydrogen-bond donors (Lipinski definition) is 1. The molecule has 1 N–H and O–H groups in total. The van der Waals surface area contributed by atoms with Gasteiger partial charge < -0.3 is 19.7 Å². The van der Waals surface area contributed by atoms with Crippen LogP contribution in [0.1, 0.15) is 73.6 Å². The number of pyridine rings is 1. The zero-order valence-electron chi connectivity index (χ0n) is 26.8. The molecule has 1 aromatic heterocycles. The first kappa shape index (κ1) is 35.1. The van der Waals surface area contributed by atoms with Crippen molar-refractivity contribution in [3.8, 4) is 5.75 Å². The summed E-state index contributed by atoms with van der Waals surface area (Å²) in [5, 5.41) is 2.32. The molecule has 4 rings (SSSR count). The maximum absolute atomic E-state index is 14.3. The Labute approximate surface area is 273 Å². The lowest BCUT2D eigenvalue weighted by Crippen LogP contribution is -2.55. The lowest BCUT2D eigenvalue weighted by atomic mass is 9.77. The number of ketones is 1. The number of amides is 2. The van der Waals surface area contributed by atoms with E-state index in [9.17, 15) is 27.6 Å². The van der Waals surface area contributed by atoms with Crippen LogP contribution >= 0.6 is 15.9 Å². The lowest BCUT2D eigenvalue weighted by Gasteiger charge is -2.35. The van der Waals surface area contributed by atoms with Gasteiger partial charge in [0.05, 0.1) is 30.3 Å². The van der Waals surface area contributed by atoms with E-state index >= 15 is 0 Å². The Morgan fingerprint density at radius 3 is 2.38 bits per heavy atom. The van der Waals surface area contributed by atoms with Crippen LogP contribution in [0.5, 0.6) is 5.75 Å². The molecule has 1 aromatic rings. The standard InChI is InChI=1S/C32H44BrN3O8S/c1-8-19-14-32(19,26(37)18-45(41,42)23-9-10-23)35-28(39)25-12-22(43-21-11-20(33)15-34-16-21)17-36(25)29(40)24(30(2,3)4)13-27(38)44-31(5,6)7/h8,11,15-16,19,22-25H,1,9-10,12-14,17-18H2,2-7H3,(H,35,39)/t19?,22-,24-,25+,32-/m1/s1. The van der Waals surface area contributed by atoms with Gasteiger partial charge in [0.15, 0.2) is 15.6 Å². The minimum Gasteiger partial charge on any atom is -0.487 e. The predicted molar refractivity (Wildman–Crippen MR) is 171 cm³/mol. The maximum Gasteiger partial charge on any atom is 0.307 e. The van der Waals surface area contributed by atoms with Gasteiger partial charge in [-0.05, 0) is 67.4 Å². The number of esters is 1. The second kappa shape index (κ2) is 12.8. The Balaban J connectivity index is 1.60. The number of sulfone groups is 1. The molecule has 1 aliphatic heterocycles. The topological polar surface area (TPSA) is 149 Å². The molecule has 0 aromatic carbocycles. The van der Waals surface area contributed by atoms with Crippen molar-refractivity contribution in [2.24, 2.45) is 17.3 Å². The Bertz CT molecular complexity index is 1460. The number of nitrogens with zero attached hydrogens (tertiary/aromatic N) is 2. The summed E-state index contributed by atoms with van der Waals surface area (Å²) < 4.78 is 37.7. The average Bonchev–Trinajstić information content (AvgIpc) is 3.82. The fraction of sp³-hybridized carbons (Fsp3) is 0.656. The van der Waals surface area contributed by atoms with Crippen molar-refractivity contribution in [2.75, 3.05) is 12.3 Å². The summed E-state index contributed by atoms with van der Waals surface area (Å²) in [5.41, 5.74) is -2.81. The molecule has 1 saturated heterocycles. The highest BCUT2D eigenvalue weighted by Gasteiger charge is 2.61. The number of Topliss-reactive ketones (excluding diaryl/α,β-unsaturated/α-hetero) is 1. The number of carbonyl (C=O) groups excluding carboxylic acids is 4. The first-order valence-corrected chi connectivity index (χ1v) is 17.8. The summed E-state index contributed by atoms with van der Waals surface area (Å²) >= 11 is 3.37. The van der Waals surface area contributed by atoms with Crippen LogP contribution in [0.25, 0.3) is 0 Å². The molecule has 13 heteroatoms. The predicted octanol–water partition coefficient (Wildman–Crippen LogP) is 3.79. The van der Waals surface area contributed by atoms with Gasteiger partial charge in [-0.15, -0.1) is 6.58 Å². The van der Waals surface area contributed by atoms with Crippen molar-refractivity contribution in [3.63, 3.8) is 0 Å². The molecule has 45 heavy (non-hydrogen) atoms. The zero-order valence-corrected chi connectivity index (χ0v) is 29.2. The molecule has 2 saturated carbocycles. The van der Waals surface area contributed by atoms with Gasteiger partial charge in [0.2, 0.25) is 11.8 Å². The molecular weight excluding hydrogens is 666 g/mol. The van der Waals surface area contributed by atoms with Gasteiger partial charge in [-0.25, -0.2) is 8.42 Å². The highest BCUT2D eigenvalue weighted by molar-refractivity contribution is 9.10. The Hall–Kier alpha value is -2.80. The van der Waals surface area contributed by atoms with E-state index in [4.69, 9.17) is 9.47 Å². The van der Waals surface area contributed by atoms with Crippen LogP contribution in [-0.4, -0.2) is 82.7 Å². The fourth-order valence-corrected chi connectivity index (χ4v) is 7.86. The van der Waals surface area contributed by atoms with Gasteiger partial charge in [0, 0.05) is 23.0 Å². The third-order valence-corrected chi connectivity index (χ3v) is 11.1. The molecule has 0 radical (unpaired) electrons. The molecule has 11 nitrogen and oxygen atoms in total. The van der Waals surface area contributed by atoms with Gasteiger partial charge >= 0.3 is 5.97 Å². The van der Waals surface area contributed by atoms with Crippen LogP contribution in [0.15, 0.2) is 35.6 Å². The maximum atomic E-state index is 14.3. The molecule has 3 fully saturated rings. The largest absolute Gasteiger partial charge is 0.487 e. The van der Waals surface area contributed by atoms with Crippen molar-refractivity contribution in [3.05, 3.63) is 35.6 Å². The summed E-state index contributed by atoms with van der Waals surface area (Å²) in [7, 11) is -3.61. The average molecular weight is 711 g/mol. The normalized spacial score (nSPS) is 25.7. The van der Waals surface area contributed by atoms with Crippen LogP contribution in [0.3, 0.4) is 0 Å². The molecule has 248 valence electrons. The monoisotopic (exact) mass is 709 g/mol. The summed E-state index contributed by atoms with van der Waals surface area (Å²) in [6.07, 6.45) is 5.29. The van der Waals surface area contributed by atoms with E-state index in [1.807, 2.05) is 20.8 Å². The third-order valence-electron chi connectivity index (χ3n) is 8.47. The van der Waals surface area contributed by atoms with E-state index in [0.717, 1.165) is 0 Å². The fourth-order valence-electron chi connectivity index (χ4n) is 5.80. The van der Waals surface area contributed by atoms with Crippen molar-refractivity contribution in [2.45, 2.75) is 102 Å². The van der Waals surface area contributed by atoms with Crippen LogP contribution in [0.4, 0.5) is 0 Å². The second-order valence-electron chi connectivity index (χ2n) is 14.5. The minimum absolute atomic E-state index is 0.0478. The number of halogens is 1. The molecule has 2 heterocycles. The zero-order chi connectivity index (χ0) is 33.5. The van der Waals surface area contributed by atoms with Crippen LogP contribution in [-0.2, 0) is 33.8 Å². The quantitative estimate of drug-likeness (QED) is 0.253. The van der Waals surface area contributed by atoms with Gasteiger partial charge in [-0.1, -0.05) is 26.8 Å². The number of rotatable bonds is 12. The van der Waals surface area contributed by atoms with E-state index in [1.165, 1.54) is 11.1 Å². The molecule has 1 unspecified atom stereocenters. The van der Waals surface area contributed by atoms with Gasteiger partial charge in [0.1, 0.15) is 34.8 Å². The number of aromatic nitrogens is 1. The second-order valence-corrected chi connectivity index (χ2v) is 17.7. The molecule has 5 atom stereocenters. The first-order chi connectivity index (χ1) is 20.8. The number of hydrogen-bond acceptors (Lipinski definition) is 9. The number of likely N-dealkylation sites (tertiary alicyclic amines) is 1. The lowest BCUT2D eigenvalue weighted by molar-refractivity contribution is -0.161. The molecule has 0 bridgehead atoms. The summed E-state index contributed by atoms with van der Waals surface area (Å²) in [5.74, 6) is -3.58. The molecule has 2 aliphatic carbocycles. The van der Waals surface area contributed by atoms with Crippen molar-refractivity contribution >= 4 is 49.3 Å². The molecular formula is C32H44BrN3O8S. The van der Waals surface area contributed by atoms with Crippen LogP contribution in [0, 0.1) is 17.3 Å².